The molecule has 6 heteroatoms. The first-order valence-electron chi connectivity index (χ1n) is 7.01. The number of hydrogen-bond donors (Lipinski definition) is 1. The Bertz CT molecular complexity index is 493. The van der Waals surface area contributed by atoms with E-state index in [1.807, 2.05) is 24.3 Å². The summed E-state index contributed by atoms with van der Waals surface area (Å²) in [5.41, 5.74) is 0.856. The van der Waals surface area contributed by atoms with Gasteiger partial charge in [-0.05, 0) is 24.0 Å². The molecule has 0 aliphatic carbocycles. The summed E-state index contributed by atoms with van der Waals surface area (Å²) in [5, 5.41) is 10.5. The van der Waals surface area contributed by atoms with Gasteiger partial charge in [0, 0.05) is 5.92 Å². The summed E-state index contributed by atoms with van der Waals surface area (Å²) in [4.78, 5) is 0. The molecule has 3 saturated heterocycles. The summed E-state index contributed by atoms with van der Waals surface area (Å²) in [5.74, 6) is 1.10. The van der Waals surface area contributed by atoms with Crippen molar-refractivity contribution in [3.8, 4) is 5.75 Å². The molecule has 0 saturated carbocycles. The number of benzene rings is 1. The largest absolute Gasteiger partial charge is 0.497 e. The number of methoxy groups -OCH3 is 1. The van der Waals surface area contributed by atoms with Gasteiger partial charge in [0.1, 0.15) is 11.9 Å². The molecule has 5 unspecified atom stereocenters. The van der Waals surface area contributed by atoms with Crippen LogP contribution < -0.4 is 10.2 Å². The van der Waals surface area contributed by atoms with Gasteiger partial charge in [-0.25, -0.2) is 0 Å². The average Bonchev–Trinajstić information content (AvgIpc) is 2.87. The van der Waals surface area contributed by atoms with E-state index in [1.165, 1.54) is 0 Å². The molecule has 0 spiro atoms. The Morgan fingerprint density at radius 1 is 1.25 bits per heavy atom. The molecule has 1 aromatic rings. The molecule has 20 heavy (non-hydrogen) atoms. The fourth-order valence-corrected chi connectivity index (χ4v) is 3.38. The summed E-state index contributed by atoms with van der Waals surface area (Å²) in [6.07, 6.45) is 0.805. The van der Waals surface area contributed by atoms with Crippen LogP contribution in [0.15, 0.2) is 24.3 Å². The van der Waals surface area contributed by atoms with Crippen molar-refractivity contribution in [2.45, 2.75) is 30.9 Å². The lowest BCUT2D eigenvalue weighted by Gasteiger charge is -2.50. The van der Waals surface area contributed by atoms with Gasteiger partial charge in [0.05, 0.1) is 25.8 Å². The average molecular weight is 276 g/mol. The summed E-state index contributed by atoms with van der Waals surface area (Å²) in [7, 11) is 1.63. The Morgan fingerprint density at radius 2 is 2.05 bits per heavy atom. The summed E-state index contributed by atoms with van der Waals surface area (Å²) >= 11 is 0. The van der Waals surface area contributed by atoms with Crippen LogP contribution in [-0.2, 0) is 14.2 Å². The van der Waals surface area contributed by atoms with Crippen molar-refractivity contribution in [1.29, 1.82) is 0 Å². The first-order valence-corrected chi connectivity index (χ1v) is 7.01. The van der Waals surface area contributed by atoms with E-state index in [2.05, 4.69) is 0 Å². The highest BCUT2D eigenvalue weighted by molar-refractivity contribution is 6.67. The van der Waals surface area contributed by atoms with Gasteiger partial charge in [0.2, 0.25) is 0 Å². The summed E-state index contributed by atoms with van der Waals surface area (Å²) in [6, 6.07) is 7.30. The standard InChI is InChI=1S/C14H17BO5/c1-17-9-4-2-8(3-5-9)15(16)13-11-6-10-7-18-14(19-10)12(11)20-13/h2-5,10-14,16H,6-7H2,1H3. The molecule has 0 radical (unpaired) electrons. The number of rotatable bonds is 3. The lowest BCUT2D eigenvalue weighted by atomic mass is 9.49. The van der Waals surface area contributed by atoms with Crippen molar-refractivity contribution in [3.63, 3.8) is 0 Å². The maximum absolute atomic E-state index is 10.5. The van der Waals surface area contributed by atoms with Crippen molar-refractivity contribution in [2.24, 2.45) is 5.92 Å². The highest BCUT2D eigenvalue weighted by Gasteiger charge is 2.58. The molecule has 2 bridgehead atoms. The van der Waals surface area contributed by atoms with Crippen molar-refractivity contribution in [2.75, 3.05) is 13.7 Å². The van der Waals surface area contributed by atoms with Gasteiger partial charge in [0.25, 0.3) is 0 Å². The van der Waals surface area contributed by atoms with E-state index in [4.69, 9.17) is 18.9 Å². The Labute approximate surface area is 117 Å². The Morgan fingerprint density at radius 3 is 2.80 bits per heavy atom. The van der Waals surface area contributed by atoms with Gasteiger partial charge in [-0.1, -0.05) is 12.1 Å². The topological polar surface area (TPSA) is 57.2 Å². The van der Waals surface area contributed by atoms with Crippen LogP contribution in [0.1, 0.15) is 6.42 Å². The third-order valence-electron chi connectivity index (χ3n) is 4.50. The number of ether oxygens (including phenoxy) is 4. The summed E-state index contributed by atoms with van der Waals surface area (Å²) in [6.45, 7) is 0.0338. The molecular formula is C14H17BO5. The second-order valence-electron chi connectivity index (χ2n) is 5.64. The van der Waals surface area contributed by atoms with Gasteiger partial charge >= 0.3 is 6.92 Å². The Balaban J connectivity index is 1.48. The van der Waals surface area contributed by atoms with Crippen molar-refractivity contribution in [1.82, 2.24) is 0 Å². The van der Waals surface area contributed by atoms with Gasteiger partial charge in [-0.3, -0.25) is 0 Å². The van der Waals surface area contributed by atoms with Gasteiger partial charge in [0.15, 0.2) is 6.29 Å². The third kappa shape index (κ3) is 1.87. The SMILES string of the molecule is COc1ccc(B(O)C2OC3C4OCC(CC23)O4)cc1. The minimum absolute atomic E-state index is 0.0216. The van der Waals surface area contributed by atoms with Crippen molar-refractivity contribution < 1.29 is 24.0 Å². The smallest absolute Gasteiger partial charge is 0.354 e. The zero-order valence-electron chi connectivity index (χ0n) is 11.3. The van der Waals surface area contributed by atoms with Crippen LogP contribution in [0, 0.1) is 5.92 Å². The quantitative estimate of drug-likeness (QED) is 0.785. The maximum Gasteiger partial charge on any atom is 0.354 e. The third-order valence-corrected chi connectivity index (χ3v) is 4.50. The maximum atomic E-state index is 10.5. The predicted molar refractivity (Wildman–Crippen MR) is 72.0 cm³/mol. The lowest BCUT2D eigenvalue weighted by molar-refractivity contribution is -0.276. The van der Waals surface area contributed by atoms with Crippen LogP contribution in [0.4, 0.5) is 0 Å². The van der Waals surface area contributed by atoms with Gasteiger partial charge in [-0.15, -0.1) is 0 Å². The van der Waals surface area contributed by atoms with E-state index in [1.54, 1.807) is 7.11 Å². The van der Waals surface area contributed by atoms with Crippen LogP contribution in [0.25, 0.3) is 0 Å². The summed E-state index contributed by atoms with van der Waals surface area (Å²) < 4.78 is 22.1. The van der Waals surface area contributed by atoms with E-state index >= 15 is 0 Å². The number of hydrogen-bond acceptors (Lipinski definition) is 5. The van der Waals surface area contributed by atoms with Crippen molar-refractivity contribution in [3.05, 3.63) is 24.3 Å². The highest BCUT2D eigenvalue weighted by Crippen LogP contribution is 2.44. The molecule has 3 aliphatic heterocycles. The zero-order valence-corrected chi connectivity index (χ0v) is 11.3. The molecule has 3 fully saturated rings. The van der Waals surface area contributed by atoms with Crippen LogP contribution in [0.5, 0.6) is 5.75 Å². The molecule has 3 heterocycles. The number of fused-ring (bicyclic) bond motifs is 4. The Hall–Kier alpha value is -1.08. The molecule has 0 amide bonds. The first kappa shape index (κ1) is 12.6. The zero-order chi connectivity index (χ0) is 13.7. The molecule has 3 aliphatic rings. The van der Waals surface area contributed by atoms with Crippen LogP contribution in [-0.4, -0.2) is 50.2 Å². The second kappa shape index (κ2) is 4.74. The molecule has 1 aromatic carbocycles. The van der Waals surface area contributed by atoms with Gasteiger partial charge in [-0.2, -0.15) is 0 Å². The van der Waals surface area contributed by atoms with Crippen LogP contribution in [0.2, 0.25) is 0 Å². The second-order valence-corrected chi connectivity index (χ2v) is 5.64. The molecule has 4 rings (SSSR count). The van der Waals surface area contributed by atoms with Crippen LogP contribution >= 0.6 is 0 Å². The molecule has 1 N–H and O–H groups in total. The van der Waals surface area contributed by atoms with E-state index in [0.29, 0.717) is 12.5 Å². The predicted octanol–water partition coefficient (Wildman–Crippen LogP) is -0.0460. The van der Waals surface area contributed by atoms with E-state index in [9.17, 15) is 5.02 Å². The van der Waals surface area contributed by atoms with E-state index < -0.39 is 6.92 Å². The normalized spacial score (nSPS) is 38.0. The van der Waals surface area contributed by atoms with Crippen LogP contribution in [0.3, 0.4) is 0 Å². The molecular weight excluding hydrogens is 259 g/mol. The molecule has 0 aromatic heterocycles. The fourth-order valence-electron chi connectivity index (χ4n) is 3.38. The Kier molecular flexibility index (Phi) is 3.00. The minimum Gasteiger partial charge on any atom is -0.497 e. The van der Waals surface area contributed by atoms with Crippen molar-refractivity contribution >= 4 is 12.4 Å². The van der Waals surface area contributed by atoms with Gasteiger partial charge < -0.3 is 24.0 Å². The molecule has 106 valence electrons. The van der Waals surface area contributed by atoms with E-state index in [0.717, 1.165) is 17.6 Å². The lowest BCUT2D eigenvalue weighted by Crippen LogP contribution is -2.65. The fraction of sp³-hybridized carbons (Fsp3) is 0.571. The highest BCUT2D eigenvalue weighted by atomic mass is 16.7. The monoisotopic (exact) mass is 276 g/mol. The first-order chi connectivity index (χ1) is 9.76. The minimum atomic E-state index is -0.611. The molecule has 5 nitrogen and oxygen atoms in total. The van der Waals surface area contributed by atoms with E-state index in [-0.39, 0.29) is 24.5 Å². The molecule has 5 atom stereocenters.